The van der Waals surface area contributed by atoms with Gasteiger partial charge in [0.2, 0.25) is 0 Å². The number of rotatable bonds is 2. The van der Waals surface area contributed by atoms with Gasteiger partial charge in [0.05, 0.1) is 5.56 Å². The minimum Gasteiger partial charge on any atom is -0.477 e. The second kappa shape index (κ2) is 5.23. The predicted molar refractivity (Wildman–Crippen MR) is 74.7 cm³/mol. The van der Waals surface area contributed by atoms with E-state index in [0.717, 1.165) is 13.0 Å². The molecular weight excluding hydrogens is 256 g/mol. The van der Waals surface area contributed by atoms with Crippen LogP contribution in [0.25, 0.3) is 0 Å². The number of aromatic nitrogens is 1. The lowest BCUT2D eigenvalue weighted by molar-refractivity contribution is 0.0426. The van der Waals surface area contributed by atoms with E-state index in [9.17, 15) is 9.59 Å². The van der Waals surface area contributed by atoms with Crippen LogP contribution in [0.4, 0.5) is 0 Å². The van der Waals surface area contributed by atoms with Crippen LogP contribution in [0, 0.1) is 11.3 Å². The van der Waals surface area contributed by atoms with Gasteiger partial charge >= 0.3 is 5.97 Å². The summed E-state index contributed by atoms with van der Waals surface area (Å²) in [6.07, 6.45) is 2.33. The van der Waals surface area contributed by atoms with Crippen molar-refractivity contribution in [1.29, 1.82) is 0 Å². The van der Waals surface area contributed by atoms with Crippen molar-refractivity contribution in [2.24, 2.45) is 11.3 Å². The number of carbonyl (C=O) groups excluding carboxylic acids is 1. The van der Waals surface area contributed by atoms with Gasteiger partial charge in [-0.2, -0.15) is 0 Å². The number of carboxylic acids is 1. The van der Waals surface area contributed by atoms with E-state index < -0.39 is 5.97 Å². The summed E-state index contributed by atoms with van der Waals surface area (Å²) >= 11 is 0. The van der Waals surface area contributed by atoms with Crippen LogP contribution in [0.15, 0.2) is 18.3 Å². The number of hydrogen-bond donors (Lipinski definition) is 1. The largest absolute Gasteiger partial charge is 0.477 e. The number of likely N-dealkylation sites (tertiary alicyclic amines) is 1. The molecule has 5 nitrogen and oxygen atoms in total. The first-order valence-electron chi connectivity index (χ1n) is 6.80. The Morgan fingerprint density at radius 2 is 2.10 bits per heavy atom. The summed E-state index contributed by atoms with van der Waals surface area (Å²) in [5, 5.41) is 8.80. The smallest absolute Gasteiger partial charge is 0.354 e. The topological polar surface area (TPSA) is 70.5 Å². The summed E-state index contributed by atoms with van der Waals surface area (Å²) in [7, 11) is 0. The zero-order valence-corrected chi connectivity index (χ0v) is 12.1. The van der Waals surface area contributed by atoms with Crippen LogP contribution >= 0.6 is 0 Å². The molecule has 0 bridgehead atoms. The van der Waals surface area contributed by atoms with Gasteiger partial charge in [0.25, 0.3) is 5.91 Å². The zero-order valence-electron chi connectivity index (χ0n) is 12.1. The molecule has 1 fully saturated rings. The van der Waals surface area contributed by atoms with Gasteiger partial charge in [0.15, 0.2) is 0 Å². The molecule has 1 aliphatic rings. The van der Waals surface area contributed by atoms with Crippen LogP contribution in [0.3, 0.4) is 0 Å². The van der Waals surface area contributed by atoms with Crippen LogP contribution < -0.4 is 0 Å². The Balaban J connectivity index is 2.13. The van der Waals surface area contributed by atoms with Crippen LogP contribution in [0.2, 0.25) is 0 Å². The van der Waals surface area contributed by atoms with Crippen LogP contribution in [0.5, 0.6) is 0 Å². The standard InChI is InChI=1S/C15H20N2O3/c1-10-6-7-17(9-15(10,2)3)13(18)11-4-5-12(14(19)20)16-8-11/h4-5,8,10H,6-7,9H2,1-3H3,(H,19,20). The molecule has 0 aliphatic carbocycles. The first-order valence-corrected chi connectivity index (χ1v) is 6.80. The lowest BCUT2D eigenvalue weighted by Crippen LogP contribution is -2.47. The molecule has 0 aromatic carbocycles. The second-order valence-corrected chi connectivity index (χ2v) is 6.14. The van der Waals surface area contributed by atoms with Crippen molar-refractivity contribution in [3.05, 3.63) is 29.6 Å². The van der Waals surface area contributed by atoms with Gasteiger partial charge in [0, 0.05) is 19.3 Å². The summed E-state index contributed by atoms with van der Waals surface area (Å²) in [6, 6.07) is 2.90. The molecule has 1 aliphatic heterocycles. The highest BCUT2D eigenvalue weighted by Gasteiger charge is 2.35. The molecule has 1 atom stereocenters. The molecule has 1 N–H and O–H groups in total. The molecule has 0 radical (unpaired) electrons. The maximum atomic E-state index is 12.4. The fourth-order valence-corrected chi connectivity index (χ4v) is 2.47. The van der Waals surface area contributed by atoms with E-state index in [4.69, 9.17) is 5.11 Å². The molecule has 1 amide bonds. The van der Waals surface area contributed by atoms with E-state index >= 15 is 0 Å². The van der Waals surface area contributed by atoms with Gasteiger partial charge in [-0.3, -0.25) is 4.79 Å². The van der Waals surface area contributed by atoms with Gasteiger partial charge < -0.3 is 10.0 Å². The summed E-state index contributed by atoms with van der Waals surface area (Å²) < 4.78 is 0. The Morgan fingerprint density at radius 3 is 2.60 bits per heavy atom. The highest BCUT2D eigenvalue weighted by Crippen LogP contribution is 2.34. The molecule has 1 saturated heterocycles. The van der Waals surface area contributed by atoms with E-state index in [2.05, 4.69) is 25.8 Å². The van der Waals surface area contributed by atoms with Crippen molar-refractivity contribution in [1.82, 2.24) is 9.88 Å². The van der Waals surface area contributed by atoms with Crippen LogP contribution in [-0.2, 0) is 0 Å². The Labute approximate surface area is 118 Å². The monoisotopic (exact) mass is 276 g/mol. The normalized spacial score (nSPS) is 21.6. The SMILES string of the molecule is CC1CCN(C(=O)c2ccc(C(=O)O)nc2)CC1(C)C. The highest BCUT2D eigenvalue weighted by atomic mass is 16.4. The molecule has 1 aromatic rings. The van der Waals surface area contributed by atoms with Crippen molar-refractivity contribution < 1.29 is 14.7 Å². The molecule has 0 spiro atoms. The highest BCUT2D eigenvalue weighted by molar-refractivity contribution is 5.95. The fourth-order valence-electron chi connectivity index (χ4n) is 2.47. The Hall–Kier alpha value is -1.91. The number of aromatic carboxylic acids is 1. The van der Waals surface area contributed by atoms with Crippen molar-refractivity contribution in [2.75, 3.05) is 13.1 Å². The number of carboxylic acid groups (broad SMARTS) is 1. The summed E-state index contributed by atoms with van der Waals surface area (Å²) in [5.41, 5.74) is 0.497. The zero-order chi connectivity index (χ0) is 14.9. The Bertz CT molecular complexity index is 522. The first-order chi connectivity index (χ1) is 9.31. The molecule has 108 valence electrons. The van der Waals surface area contributed by atoms with E-state index in [-0.39, 0.29) is 17.0 Å². The quantitative estimate of drug-likeness (QED) is 0.899. The third kappa shape index (κ3) is 2.81. The van der Waals surface area contributed by atoms with Crippen molar-refractivity contribution in [2.45, 2.75) is 27.2 Å². The van der Waals surface area contributed by atoms with E-state index in [1.165, 1.54) is 18.3 Å². The van der Waals surface area contributed by atoms with Crippen LogP contribution in [-0.4, -0.2) is 40.0 Å². The number of pyridine rings is 1. The molecule has 1 unspecified atom stereocenters. The first kappa shape index (κ1) is 14.5. The predicted octanol–water partition coefficient (Wildman–Crippen LogP) is 2.29. The molecule has 2 heterocycles. The third-order valence-corrected chi connectivity index (χ3v) is 4.28. The summed E-state index contributed by atoms with van der Waals surface area (Å²) in [4.78, 5) is 28.8. The lowest BCUT2D eigenvalue weighted by Gasteiger charge is -2.42. The van der Waals surface area contributed by atoms with Gasteiger partial charge in [-0.15, -0.1) is 0 Å². The van der Waals surface area contributed by atoms with Gasteiger partial charge in [-0.1, -0.05) is 20.8 Å². The van der Waals surface area contributed by atoms with Crippen LogP contribution in [0.1, 0.15) is 48.0 Å². The molecule has 20 heavy (non-hydrogen) atoms. The fraction of sp³-hybridized carbons (Fsp3) is 0.533. The maximum Gasteiger partial charge on any atom is 0.354 e. The Morgan fingerprint density at radius 1 is 1.40 bits per heavy atom. The van der Waals surface area contributed by atoms with E-state index in [0.29, 0.717) is 18.0 Å². The number of hydrogen-bond acceptors (Lipinski definition) is 3. The number of piperidine rings is 1. The van der Waals surface area contributed by atoms with Gasteiger partial charge in [-0.25, -0.2) is 9.78 Å². The number of amides is 1. The van der Waals surface area contributed by atoms with Crippen molar-refractivity contribution in [3.8, 4) is 0 Å². The summed E-state index contributed by atoms with van der Waals surface area (Å²) in [5.74, 6) is -0.578. The van der Waals surface area contributed by atoms with Gasteiger partial charge in [0.1, 0.15) is 5.69 Å². The third-order valence-electron chi connectivity index (χ3n) is 4.28. The second-order valence-electron chi connectivity index (χ2n) is 6.14. The Kier molecular flexibility index (Phi) is 3.79. The van der Waals surface area contributed by atoms with E-state index in [1.54, 1.807) is 0 Å². The maximum absolute atomic E-state index is 12.4. The van der Waals surface area contributed by atoms with Gasteiger partial charge in [-0.05, 0) is 29.9 Å². The molecule has 0 saturated carbocycles. The number of nitrogens with zero attached hydrogens (tertiary/aromatic N) is 2. The lowest BCUT2D eigenvalue weighted by atomic mass is 9.75. The average Bonchev–Trinajstić information content (AvgIpc) is 2.41. The molecular formula is C15H20N2O3. The van der Waals surface area contributed by atoms with E-state index in [1.807, 2.05) is 4.90 Å². The molecule has 2 rings (SSSR count). The summed E-state index contributed by atoms with van der Waals surface area (Å²) in [6.45, 7) is 8.01. The minimum absolute atomic E-state index is 0.0471. The average molecular weight is 276 g/mol. The van der Waals surface area contributed by atoms with Crippen molar-refractivity contribution in [3.63, 3.8) is 0 Å². The minimum atomic E-state index is -1.09. The van der Waals surface area contributed by atoms with Crippen molar-refractivity contribution >= 4 is 11.9 Å². The number of carbonyl (C=O) groups is 2. The molecule has 1 aromatic heterocycles. The molecule has 5 heteroatoms.